The Balaban J connectivity index is 1.69. The zero-order valence-corrected chi connectivity index (χ0v) is 14.0. The number of benzene rings is 2. The average Bonchev–Trinajstić information content (AvgIpc) is 2.61. The summed E-state index contributed by atoms with van der Waals surface area (Å²) in [6, 6.07) is 17.5. The number of aromatic nitrogens is 3. The molecule has 3 rings (SSSR count). The monoisotopic (exact) mass is 339 g/mol. The van der Waals surface area contributed by atoms with Gasteiger partial charge in [0.1, 0.15) is 12.4 Å². The number of anilines is 3. The van der Waals surface area contributed by atoms with Crippen molar-refractivity contribution >= 4 is 29.3 Å². The van der Waals surface area contributed by atoms with E-state index < -0.39 is 0 Å². The van der Waals surface area contributed by atoms with Crippen LogP contribution in [0, 0.1) is 0 Å². The second-order valence-electron chi connectivity index (χ2n) is 4.89. The molecule has 0 aliphatic rings. The van der Waals surface area contributed by atoms with E-state index in [-0.39, 0.29) is 12.6 Å². The van der Waals surface area contributed by atoms with Gasteiger partial charge < -0.3 is 15.8 Å². The Morgan fingerprint density at radius 1 is 1.00 bits per heavy atom. The van der Waals surface area contributed by atoms with Gasteiger partial charge in [-0.1, -0.05) is 18.2 Å². The minimum Gasteiger partial charge on any atom is -0.486 e. The molecule has 1 heterocycles. The molecule has 6 nitrogen and oxygen atoms in total. The van der Waals surface area contributed by atoms with E-state index in [1.807, 2.05) is 60.9 Å². The highest BCUT2D eigenvalue weighted by atomic mass is 32.2. The van der Waals surface area contributed by atoms with Crippen molar-refractivity contribution in [2.75, 3.05) is 17.3 Å². The zero-order valence-electron chi connectivity index (χ0n) is 13.1. The molecule has 0 saturated carbocycles. The fourth-order valence-electron chi connectivity index (χ4n) is 2.03. The molecule has 0 unspecified atom stereocenters. The van der Waals surface area contributed by atoms with Crippen LogP contribution >= 0.6 is 11.8 Å². The third-order valence-corrected chi connectivity index (χ3v) is 3.90. The second kappa shape index (κ2) is 7.65. The molecular weight excluding hydrogens is 322 g/mol. The predicted octanol–water partition coefficient (Wildman–Crippen LogP) is 3.50. The maximum absolute atomic E-state index is 5.76. The lowest BCUT2D eigenvalue weighted by Crippen LogP contribution is -2.09. The van der Waals surface area contributed by atoms with Crippen molar-refractivity contribution in [2.24, 2.45) is 0 Å². The molecule has 7 heteroatoms. The molecule has 0 bridgehead atoms. The Kier molecular flexibility index (Phi) is 5.12. The molecule has 0 radical (unpaired) electrons. The number of thioether (sulfide) groups is 1. The summed E-state index contributed by atoms with van der Waals surface area (Å²) in [6.07, 6.45) is 2.03. The van der Waals surface area contributed by atoms with E-state index in [4.69, 9.17) is 10.5 Å². The maximum Gasteiger partial charge on any atom is 0.232 e. The van der Waals surface area contributed by atoms with Crippen LogP contribution in [0.25, 0.3) is 0 Å². The summed E-state index contributed by atoms with van der Waals surface area (Å²) in [4.78, 5) is 13.7. The van der Waals surface area contributed by atoms with Gasteiger partial charge in [-0.2, -0.15) is 15.0 Å². The van der Waals surface area contributed by atoms with E-state index >= 15 is 0 Å². The van der Waals surface area contributed by atoms with E-state index in [0.29, 0.717) is 11.8 Å². The summed E-state index contributed by atoms with van der Waals surface area (Å²) >= 11 is 1.68. The summed E-state index contributed by atoms with van der Waals surface area (Å²) in [6.45, 7) is 0.217. The Morgan fingerprint density at radius 3 is 2.46 bits per heavy atom. The van der Waals surface area contributed by atoms with Crippen LogP contribution in [-0.2, 0) is 6.61 Å². The third kappa shape index (κ3) is 4.36. The molecule has 1 aromatic heterocycles. The Labute approximate surface area is 144 Å². The van der Waals surface area contributed by atoms with Crippen LogP contribution < -0.4 is 15.8 Å². The molecule has 3 aromatic rings. The van der Waals surface area contributed by atoms with Crippen LogP contribution in [0.3, 0.4) is 0 Å². The number of para-hydroxylation sites is 1. The van der Waals surface area contributed by atoms with Crippen molar-refractivity contribution in [2.45, 2.75) is 11.5 Å². The summed E-state index contributed by atoms with van der Waals surface area (Å²) in [5, 5.41) is 3.10. The molecule has 0 saturated heterocycles. The van der Waals surface area contributed by atoms with Gasteiger partial charge in [0.15, 0.2) is 5.82 Å². The topological polar surface area (TPSA) is 86.0 Å². The molecule has 0 spiro atoms. The van der Waals surface area contributed by atoms with Gasteiger partial charge in [-0.25, -0.2) is 0 Å². The molecule has 2 aromatic carbocycles. The number of rotatable bonds is 6. The van der Waals surface area contributed by atoms with Gasteiger partial charge >= 0.3 is 0 Å². The van der Waals surface area contributed by atoms with Gasteiger partial charge in [-0.15, -0.1) is 11.8 Å². The molecule has 0 aliphatic heterocycles. The van der Waals surface area contributed by atoms with Crippen LogP contribution in [0.2, 0.25) is 0 Å². The number of hydrogen-bond donors (Lipinski definition) is 2. The zero-order chi connectivity index (χ0) is 16.8. The van der Waals surface area contributed by atoms with Crippen molar-refractivity contribution in [3.05, 3.63) is 60.4 Å². The lowest BCUT2D eigenvalue weighted by Gasteiger charge is -2.09. The van der Waals surface area contributed by atoms with Crippen molar-refractivity contribution < 1.29 is 4.74 Å². The lowest BCUT2D eigenvalue weighted by atomic mass is 10.3. The van der Waals surface area contributed by atoms with Crippen molar-refractivity contribution in [3.8, 4) is 5.75 Å². The summed E-state index contributed by atoms with van der Waals surface area (Å²) in [5.74, 6) is 1.77. The van der Waals surface area contributed by atoms with E-state index in [9.17, 15) is 0 Å². The molecule has 24 heavy (non-hydrogen) atoms. The Bertz CT molecular complexity index is 796. The van der Waals surface area contributed by atoms with E-state index in [1.165, 1.54) is 4.90 Å². The molecule has 0 amide bonds. The quantitative estimate of drug-likeness (QED) is 0.665. The molecule has 122 valence electrons. The predicted molar refractivity (Wildman–Crippen MR) is 96.5 cm³/mol. The number of nitrogens with zero attached hydrogens (tertiary/aromatic N) is 3. The van der Waals surface area contributed by atoms with Gasteiger partial charge in [0, 0.05) is 10.6 Å². The van der Waals surface area contributed by atoms with Crippen molar-refractivity contribution in [3.63, 3.8) is 0 Å². The highest BCUT2D eigenvalue weighted by Gasteiger charge is 2.06. The van der Waals surface area contributed by atoms with Crippen molar-refractivity contribution in [1.82, 2.24) is 15.0 Å². The first kappa shape index (κ1) is 16.1. The number of ether oxygens (including phenoxy) is 1. The number of nitrogen functional groups attached to an aromatic ring is 1. The molecule has 0 atom stereocenters. The second-order valence-corrected chi connectivity index (χ2v) is 5.77. The molecule has 3 N–H and O–H groups in total. The first-order chi connectivity index (χ1) is 11.7. The van der Waals surface area contributed by atoms with Gasteiger partial charge in [0.2, 0.25) is 11.9 Å². The fourth-order valence-corrected chi connectivity index (χ4v) is 2.44. The largest absolute Gasteiger partial charge is 0.486 e. The first-order valence-corrected chi connectivity index (χ1v) is 8.55. The highest BCUT2D eigenvalue weighted by Crippen LogP contribution is 2.20. The lowest BCUT2D eigenvalue weighted by molar-refractivity contribution is 0.295. The van der Waals surface area contributed by atoms with E-state index in [1.54, 1.807) is 11.8 Å². The Hall–Kier alpha value is -2.80. The first-order valence-electron chi connectivity index (χ1n) is 7.32. The van der Waals surface area contributed by atoms with Gasteiger partial charge in [0.05, 0.1) is 0 Å². The third-order valence-electron chi connectivity index (χ3n) is 3.16. The van der Waals surface area contributed by atoms with Gasteiger partial charge in [0.25, 0.3) is 0 Å². The van der Waals surface area contributed by atoms with Crippen LogP contribution in [0.5, 0.6) is 5.75 Å². The van der Waals surface area contributed by atoms with Crippen LogP contribution in [0.4, 0.5) is 17.6 Å². The SMILES string of the molecule is CSc1ccc(OCc2nc(N)nc(Nc3ccccc3)n2)cc1. The number of nitrogens with one attached hydrogen (secondary N) is 1. The van der Waals surface area contributed by atoms with E-state index in [0.717, 1.165) is 11.4 Å². The normalized spacial score (nSPS) is 10.4. The minimum atomic E-state index is 0.153. The van der Waals surface area contributed by atoms with Crippen molar-refractivity contribution in [1.29, 1.82) is 0 Å². The molecule has 0 fully saturated rings. The number of hydrogen-bond acceptors (Lipinski definition) is 7. The average molecular weight is 339 g/mol. The smallest absolute Gasteiger partial charge is 0.232 e. The maximum atomic E-state index is 5.76. The fraction of sp³-hybridized carbons (Fsp3) is 0.118. The van der Waals surface area contributed by atoms with Crippen LogP contribution in [0.15, 0.2) is 59.5 Å². The summed E-state index contributed by atoms with van der Waals surface area (Å²) < 4.78 is 5.71. The molecular formula is C17H17N5OS. The van der Waals surface area contributed by atoms with Crippen LogP contribution in [0.1, 0.15) is 5.82 Å². The van der Waals surface area contributed by atoms with Gasteiger partial charge in [-0.05, 0) is 42.7 Å². The van der Waals surface area contributed by atoms with Gasteiger partial charge in [-0.3, -0.25) is 0 Å². The van der Waals surface area contributed by atoms with Crippen LogP contribution in [-0.4, -0.2) is 21.2 Å². The Morgan fingerprint density at radius 2 is 1.75 bits per heavy atom. The van der Waals surface area contributed by atoms with E-state index in [2.05, 4.69) is 20.3 Å². The number of nitrogens with two attached hydrogens (primary N) is 1. The molecule has 0 aliphatic carbocycles. The highest BCUT2D eigenvalue weighted by molar-refractivity contribution is 7.98. The standard InChI is InChI=1S/C17H17N5OS/c1-24-14-9-7-13(8-10-14)23-11-15-20-16(18)22-17(21-15)19-12-5-3-2-4-6-12/h2-10H,11H2,1H3,(H3,18,19,20,21,22). The summed E-state index contributed by atoms with van der Waals surface area (Å²) in [5.41, 5.74) is 6.64. The summed E-state index contributed by atoms with van der Waals surface area (Å²) in [7, 11) is 0. The minimum absolute atomic E-state index is 0.153.